The standard InChI is InChI=1S/C9H8ClNO/c1-6(10)9-11-7-4-2-3-5-8(7)12-9/h2-6H,1H3/t6-/m0/s1. The third-order valence-electron chi connectivity index (χ3n) is 1.65. The first-order valence-corrected chi connectivity index (χ1v) is 4.20. The first kappa shape index (κ1) is 7.62. The molecule has 0 aliphatic heterocycles. The molecule has 0 aliphatic rings. The van der Waals surface area contributed by atoms with Gasteiger partial charge in [-0.25, -0.2) is 4.98 Å². The van der Waals surface area contributed by atoms with Crippen LogP contribution < -0.4 is 0 Å². The van der Waals surface area contributed by atoms with Crippen molar-refractivity contribution in [2.75, 3.05) is 0 Å². The fourth-order valence-electron chi connectivity index (χ4n) is 1.06. The molecule has 0 amide bonds. The Bertz CT molecular complexity index is 361. The number of halogens is 1. The number of benzene rings is 1. The van der Waals surface area contributed by atoms with Gasteiger partial charge in [-0.05, 0) is 19.1 Å². The van der Waals surface area contributed by atoms with Gasteiger partial charge in [-0.2, -0.15) is 0 Å². The molecule has 0 saturated heterocycles. The van der Waals surface area contributed by atoms with Gasteiger partial charge < -0.3 is 4.42 Å². The van der Waals surface area contributed by atoms with Crippen LogP contribution in [-0.4, -0.2) is 4.98 Å². The normalized spacial score (nSPS) is 13.5. The van der Waals surface area contributed by atoms with Crippen LogP contribution >= 0.6 is 11.6 Å². The van der Waals surface area contributed by atoms with Gasteiger partial charge in [0.1, 0.15) is 10.9 Å². The summed E-state index contributed by atoms with van der Waals surface area (Å²) in [4.78, 5) is 4.21. The highest BCUT2D eigenvalue weighted by Gasteiger charge is 2.09. The van der Waals surface area contributed by atoms with E-state index in [1.807, 2.05) is 31.2 Å². The van der Waals surface area contributed by atoms with Crippen molar-refractivity contribution in [1.29, 1.82) is 0 Å². The molecule has 62 valence electrons. The van der Waals surface area contributed by atoms with Crippen LogP contribution in [0, 0.1) is 0 Å². The van der Waals surface area contributed by atoms with E-state index in [0.717, 1.165) is 11.1 Å². The molecule has 1 aromatic heterocycles. The van der Waals surface area contributed by atoms with Gasteiger partial charge in [-0.3, -0.25) is 0 Å². The van der Waals surface area contributed by atoms with Crippen molar-refractivity contribution >= 4 is 22.7 Å². The number of aromatic nitrogens is 1. The number of nitrogens with zero attached hydrogens (tertiary/aromatic N) is 1. The fourth-order valence-corrected chi connectivity index (χ4v) is 1.15. The zero-order valence-electron chi connectivity index (χ0n) is 6.62. The van der Waals surface area contributed by atoms with Gasteiger partial charge in [0, 0.05) is 0 Å². The summed E-state index contributed by atoms with van der Waals surface area (Å²) >= 11 is 5.82. The molecule has 2 rings (SSSR count). The Morgan fingerprint density at radius 1 is 1.42 bits per heavy atom. The highest BCUT2D eigenvalue weighted by atomic mass is 35.5. The summed E-state index contributed by atoms with van der Waals surface area (Å²) in [7, 11) is 0. The lowest BCUT2D eigenvalue weighted by molar-refractivity contribution is 0.531. The zero-order valence-corrected chi connectivity index (χ0v) is 7.38. The SMILES string of the molecule is C[C@H](Cl)c1nc2ccccc2o1. The lowest BCUT2D eigenvalue weighted by Crippen LogP contribution is -1.81. The number of hydrogen-bond acceptors (Lipinski definition) is 2. The predicted molar refractivity (Wildman–Crippen MR) is 48.3 cm³/mol. The number of para-hydroxylation sites is 2. The van der Waals surface area contributed by atoms with E-state index < -0.39 is 0 Å². The molecule has 0 radical (unpaired) electrons. The smallest absolute Gasteiger partial charge is 0.213 e. The summed E-state index contributed by atoms with van der Waals surface area (Å²) in [5.74, 6) is 0.581. The largest absolute Gasteiger partial charge is 0.439 e. The summed E-state index contributed by atoms with van der Waals surface area (Å²) in [5, 5.41) is -0.169. The lowest BCUT2D eigenvalue weighted by Gasteiger charge is -1.91. The minimum absolute atomic E-state index is 0.169. The van der Waals surface area contributed by atoms with Crippen molar-refractivity contribution in [2.24, 2.45) is 0 Å². The van der Waals surface area contributed by atoms with Crippen molar-refractivity contribution in [2.45, 2.75) is 12.3 Å². The van der Waals surface area contributed by atoms with E-state index in [2.05, 4.69) is 4.98 Å². The molecule has 12 heavy (non-hydrogen) atoms. The highest BCUT2D eigenvalue weighted by molar-refractivity contribution is 6.20. The average Bonchev–Trinajstić information content (AvgIpc) is 2.46. The molecular formula is C9H8ClNO. The van der Waals surface area contributed by atoms with Gasteiger partial charge in [0.25, 0.3) is 0 Å². The number of hydrogen-bond donors (Lipinski definition) is 0. The molecule has 0 N–H and O–H groups in total. The van der Waals surface area contributed by atoms with Crippen LogP contribution in [0.3, 0.4) is 0 Å². The average molecular weight is 182 g/mol. The van der Waals surface area contributed by atoms with Crippen molar-refractivity contribution in [3.05, 3.63) is 30.2 Å². The van der Waals surface area contributed by atoms with Crippen LogP contribution in [0.1, 0.15) is 18.2 Å². The Labute approximate surface area is 75.2 Å². The fraction of sp³-hybridized carbons (Fsp3) is 0.222. The Morgan fingerprint density at radius 3 is 2.83 bits per heavy atom. The maximum atomic E-state index is 5.82. The molecule has 1 aromatic carbocycles. The number of alkyl halides is 1. The van der Waals surface area contributed by atoms with Gasteiger partial charge in [0.05, 0.1) is 0 Å². The van der Waals surface area contributed by atoms with E-state index in [0.29, 0.717) is 5.89 Å². The molecule has 0 fully saturated rings. The number of fused-ring (bicyclic) bond motifs is 1. The Kier molecular flexibility index (Phi) is 1.77. The molecule has 2 aromatic rings. The van der Waals surface area contributed by atoms with Gasteiger partial charge in [-0.15, -0.1) is 11.6 Å². The summed E-state index contributed by atoms with van der Waals surface area (Å²) < 4.78 is 5.39. The molecule has 0 saturated carbocycles. The van der Waals surface area contributed by atoms with Crippen LogP contribution in [0.25, 0.3) is 11.1 Å². The first-order chi connectivity index (χ1) is 5.77. The van der Waals surface area contributed by atoms with E-state index in [4.69, 9.17) is 16.0 Å². The van der Waals surface area contributed by atoms with Crippen molar-refractivity contribution < 1.29 is 4.42 Å². The van der Waals surface area contributed by atoms with Gasteiger partial charge >= 0.3 is 0 Å². The molecular weight excluding hydrogens is 174 g/mol. The second-order valence-electron chi connectivity index (χ2n) is 2.64. The topological polar surface area (TPSA) is 26.0 Å². The molecule has 1 heterocycles. The van der Waals surface area contributed by atoms with Gasteiger partial charge in [0.2, 0.25) is 5.89 Å². The number of oxazole rings is 1. The molecule has 0 spiro atoms. The van der Waals surface area contributed by atoms with E-state index >= 15 is 0 Å². The van der Waals surface area contributed by atoms with Crippen molar-refractivity contribution in [3.8, 4) is 0 Å². The van der Waals surface area contributed by atoms with Crippen LogP contribution in [0.4, 0.5) is 0 Å². The molecule has 2 nitrogen and oxygen atoms in total. The minimum Gasteiger partial charge on any atom is -0.439 e. The van der Waals surface area contributed by atoms with Gasteiger partial charge in [-0.1, -0.05) is 12.1 Å². The lowest BCUT2D eigenvalue weighted by atomic mass is 10.3. The summed E-state index contributed by atoms with van der Waals surface area (Å²) in [6.07, 6.45) is 0. The quantitative estimate of drug-likeness (QED) is 0.632. The van der Waals surface area contributed by atoms with E-state index in [-0.39, 0.29) is 5.38 Å². The summed E-state index contributed by atoms with van der Waals surface area (Å²) in [5.41, 5.74) is 1.65. The van der Waals surface area contributed by atoms with Crippen molar-refractivity contribution in [3.63, 3.8) is 0 Å². The van der Waals surface area contributed by atoms with Gasteiger partial charge in [0.15, 0.2) is 5.58 Å². The molecule has 0 bridgehead atoms. The Morgan fingerprint density at radius 2 is 2.17 bits per heavy atom. The molecule has 3 heteroatoms. The molecule has 0 unspecified atom stereocenters. The predicted octanol–water partition coefficient (Wildman–Crippen LogP) is 3.13. The second kappa shape index (κ2) is 2.79. The Balaban J connectivity index is 2.62. The zero-order chi connectivity index (χ0) is 8.55. The number of rotatable bonds is 1. The molecule has 0 aliphatic carbocycles. The monoisotopic (exact) mass is 181 g/mol. The highest BCUT2D eigenvalue weighted by Crippen LogP contribution is 2.23. The van der Waals surface area contributed by atoms with E-state index in [9.17, 15) is 0 Å². The third-order valence-corrected chi connectivity index (χ3v) is 1.84. The first-order valence-electron chi connectivity index (χ1n) is 3.77. The summed E-state index contributed by atoms with van der Waals surface area (Å²) in [6.45, 7) is 1.84. The van der Waals surface area contributed by atoms with Crippen LogP contribution in [0.15, 0.2) is 28.7 Å². The van der Waals surface area contributed by atoms with Crippen LogP contribution in [0.5, 0.6) is 0 Å². The Hall–Kier alpha value is -1.02. The van der Waals surface area contributed by atoms with Crippen LogP contribution in [-0.2, 0) is 0 Å². The summed E-state index contributed by atoms with van der Waals surface area (Å²) in [6, 6.07) is 7.62. The maximum Gasteiger partial charge on any atom is 0.213 e. The van der Waals surface area contributed by atoms with Crippen LogP contribution in [0.2, 0.25) is 0 Å². The van der Waals surface area contributed by atoms with Crippen molar-refractivity contribution in [1.82, 2.24) is 4.98 Å². The van der Waals surface area contributed by atoms with E-state index in [1.54, 1.807) is 0 Å². The minimum atomic E-state index is -0.169. The molecule has 1 atom stereocenters. The third kappa shape index (κ3) is 1.18. The van der Waals surface area contributed by atoms with E-state index in [1.165, 1.54) is 0 Å². The maximum absolute atomic E-state index is 5.82. The second-order valence-corrected chi connectivity index (χ2v) is 3.29.